The summed E-state index contributed by atoms with van der Waals surface area (Å²) in [5.41, 5.74) is 7.31. The van der Waals surface area contributed by atoms with Crippen LogP contribution in [0.15, 0.2) is 42.5 Å². The highest BCUT2D eigenvalue weighted by Crippen LogP contribution is 2.33. The van der Waals surface area contributed by atoms with Gasteiger partial charge in [-0.25, -0.2) is 4.39 Å². The first kappa shape index (κ1) is 20.0. The molecule has 140 valence electrons. The number of anilines is 1. The number of amides is 1. The first-order chi connectivity index (χ1) is 12.0. The fourth-order valence-corrected chi connectivity index (χ4v) is 2.65. The van der Waals surface area contributed by atoms with Gasteiger partial charge in [0.2, 0.25) is 12.7 Å². The van der Waals surface area contributed by atoms with Gasteiger partial charge < -0.3 is 20.1 Å². The predicted octanol–water partition coefficient (Wildman–Crippen LogP) is 3.64. The van der Waals surface area contributed by atoms with Crippen molar-refractivity contribution in [2.45, 2.75) is 32.4 Å². The van der Waals surface area contributed by atoms with Gasteiger partial charge in [-0.15, -0.1) is 12.4 Å². The van der Waals surface area contributed by atoms with Crippen molar-refractivity contribution < 1.29 is 18.7 Å². The number of rotatable bonds is 6. The standard InChI is InChI=1S/C19H21FN2O3.ClH/c1-13(21)2-9-19(23)22(16-6-4-15(20)5-7-16)11-14-3-8-17-18(10-14)25-12-24-17;/h3-8,10,13H,2,9,11-12,21H2,1H3;1H. The maximum atomic E-state index is 13.2. The third-order valence-corrected chi connectivity index (χ3v) is 4.03. The molecular weight excluding hydrogens is 359 g/mol. The van der Waals surface area contributed by atoms with Crippen LogP contribution in [0.3, 0.4) is 0 Å². The van der Waals surface area contributed by atoms with Gasteiger partial charge in [0.25, 0.3) is 0 Å². The molecule has 1 aliphatic rings. The Morgan fingerprint density at radius 2 is 1.88 bits per heavy atom. The zero-order chi connectivity index (χ0) is 17.8. The molecule has 0 fully saturated rings. The van der Waals surface area contributed by atoms with E-state index in [0.717, 1.165) is 5.56 Å². The van der Waals surface area contributed by atoms with Crippen molar-refractivity contribution >= 4 is 24.0 Å². The van der Waals surface area contributed by atoms with E-state index in [1.54, 1.807) is 17.0 Å². The van der Waals surface area contributed by atoms with Crippen LogP contribution in [-0.2, 0) is 11.3 Å². The van der Waals surface area contributed by atoms with E-state index >= 15 is 0 Å². The Morgan fingerprint density at radius 3 is 2.58 bits per heavy atom. The van der Waals surface area contributed by atoms with Gasteiger partial charge in [0, 0.05) is 18.2 Å². The maximum Gasteiger partial charge on any atom is 0.231 e. The summed E-state index contributed by atoms with van der Waals surface area (Å²) in [6, 6.07) is 11.4. The van der Waals surface area contributed by atoms with Crippen LogP contribution >= 0.6 is 12.4 Å². The second-order valence-electron chi connectivity index (χ2n) is 6.16. The summed E-state index contributed by atoms with van der Waals surface area (Å²) in [6.45, 7) is 2.43. The normalized spacial score (nSPS) is 13.0. The van der Waals surface area contributed by atoms with Gasteiger partial charge >= 0.3 is 0 Å². The van der Waals surface area contributed by atoms with Crippen LogP contribution in [-0.4, -0.2) is 18.7 Å². The van der Waals surface area contributed by atoms with E-state index in [9.17, 15) is 9.18 Å². The van der Waals surface area contributed by atoms with Crippen LogP contribution in [0, 0.1) is 5.82 Å². The molecule has 2 aromatic carbocycles. The molecule has 7 heteroatoms. The van der Waals surface area contributed by atoms with Crippen LogP contribution in [0.1, 0.15) is 25.3 Å². The summed E-state index contributed by atoms with van der Waals surface area (Å²) in [4.78, 5) is 14.3. The van der Waals surface area contributed by atoms with E-state index < -0.39 is 0 Å². The largest absolute Gasteiger partial charge is 0.454 e. The predicted molar refractivity (Wildman–Crippen MR) is 100 cm³/mol. The molecule has 0 aromatic heterocycles. The molecule has 1 aliphatic heterocycles. The zero-order valence-electron chi connectivity index (χ0n) is 14.5. The van der Waals surface area contributed by atoms with Crippen molar-refractivity contribution in [3.8, 4) is 11.5 Å². The van der Waals surface area contributed by atoms with Gasteiger partial charge in [-0.1, -0.05) is 6.07 Å². The number of halogens is 2. The number of carbonyl (C=O) groups excluding carboxylic acids is 1. The average Bonchev–Trinajstić information content (AvgIpc) is 3.06. The molecule has 2 N–H and O–H groups in total. The third kappa shape index (κ3) is 4.86. The number of nitrogens with two attached hydrogens (primary N) is 1. The Morgan fingerprint density at radius 1 is 1.19 bits per heavy atom. The number of carbonyl (C=O) groups is 1. The lowest BCUT2D eigenvalue weighted by molar-refractivity contribution is -0.118. The molecule has 0 saturated heterocycles. The molecule has 0 aliphatic carbocycles. The highest BCUT2D eigenvalue weighted by Gasteiger charge is 2.19. The number of benzene rings is 2. The first-order valence-electron chi connectivity index (χ1n) is 8.23. The minimum atomic E-state index is -0.338. The van der Waals surface area contributed by atoms with Crippen LogP contribution in [0.2, 0.25) is 0 Å². The molecule has 1 amide bonds. The highest BCUT2D eigenvalue weighted by molar-refractivity contribution is 5.93. The second kappa shape index (κ2) is 8.87. The van der Waals surface area contributed by atoms with Crippen molar-refractivity contribution in [1.82, 2.24) is 0 Å². The van der Waals surface area contributed by atoms with E-state index in [4.69, 9.17) is 15.2 Å². The lowest BCUT2D eigenvalue weighted by Crippen LogP contribution is -2.31. The smallest absolute Gasteiger partial charge is 0.231 e. The number of fused-ring (bicyclic) bond motifs is 1. The molecule has 1 atom stereocenters. The van der Waals surface area contributed by atoms with Crippen molar-refractivity contribution in [2.75, 3.05) is 11.7 Å². The summed E-state index contributed by atoms with van der Waals surface area (Å²) >= 11 is 0. The van der Waals surface area contributed by atoms with Gasteiger partial charge in [-0.2, -0.15) is 0 Å². The number of hydrogen-bond donors (Lipinski definition) is 1. The molecule has 26 heavy (non-hydrogen) atoms. The summed E-state index contributed by atoms with van der Waals surface area (Å²) in [7, 11) is 0. The van der Waals surface area contributed by atoms with E-state index in [-0.39, 0.29) is 37.0 Å². The lowest BCUT2D eigenvalue weighted by Gasteiger charge is -2.23. The van der Waals surface area contributed by atoms with Gasteiger partial charge in [-0.05, 0) is 55.3 Å². The third-order valence-electron chi connectivity index (χ3n) is 4.03. The second-order valence-corrected chi connectivity index (χ2v) is 6.16. The zero-order valence-corrected chi connectivity index (χ0v) is 15.3. The summed E-state index contributed by atoms with van der Waals surface area (Å²) in [5, 5.41) is 0. The fraction of sp³-hybridized carbons (Fsp3) is 0.316. The van der Waals surface area contributed by atoms with E-state index in [2.05, 4.69) is 0 Å². The summed E-state index contributed by atoms with van der Waals surface area (Å²) in [6.07, 6.45) is 0.928. The number of nitrogens with zero attached hydrogens (tertiary/aromatic N) is 1. The number of ether oxygens (including phenoxy) is 2. The maximum absolute atomic E-state index is 13.2. The Hall–Kier alpha value is -2.31. The molecule has 3 rings (SSSR count). The average molecular weight is 381 g/mol. The van der Waals surface area contributed by atoms with Crippen molar-refractivity contribution in [2.24, 2.45) is 5.73 Å². The van der Waals surface area contributed by atoms with E-state index in [1.807, 2.05) is 25.1 Å². The quantitative estimate of drug-likeness (QED) is 0.831. The van der Waals surface area contributed by atoms with Crippen molar-refractivity contribution in [3.05, 3.63) is 53.8 Å². The topological polar surface area (TPSA) is 64.8 Å². The van der Waals surface area contributed by atoms with Gasteiger partial charge in [0.1, 0.15) is 5.82 Å². The molecule has 5 nitrogen and oxygen atoms in total. The first-order valence-corrected chi connectivity index (χ1v) is 8.23. The Labute approximate surface area is 158 Å². The fourth-order valence-electron chi connectivity index (χ4n) is 2.65. The highest BCUT2D eigenvalue weighted by atomic mass is 35.5. The molecule has 0 radical (unpaired) electrons. The Balaban J connectivity index is 0.00000243. The van der Waals surface area contributed by atoms with E-state index in [0.29, 0.717) is 36.6 Å². The monoisotopic (exact) mass is 380 g/mol. The number of hydrogen-bond acceptors (Lipinski definition) is 4. The van der Waals surface area contributed by atoms with Crippen molar-refractivity contribution in [3.63, 3.8) is 0 Å². The summed E-state index contributed by atoms with van der Waals surface area (Å²) < 4.78 is 23.9. The Kier molecular flexibility index (Phi) is 6.83. The molecular formula is C19H22ClFN2O3. The van der Waals surface area contributed by atoms with Crippen LogP contribution in [0.5, 0.6) is 11.5 Å². The van der Waals surface area contributed by atoms with Crippen LogP contribution < -0.4 is 20.1 Å². The van der Waals surface area contributed by atoms with Crippen LogP contribution in [0.25, 0.3) is 0 Å². The molecule has 2 aromatic rings. The molecule has 0 bridgehead atoms. The molecule has 0 spiro atoms. The Bertz CT molecular complexity index is 753. The van der Waals surface area contributed by atoms with Gasteiger partial charge in [0.15, 0.2) is 11.5 Å². The van der Waals surface area contributed by atoms with Crippen LogP contribution in [0.4, 0.5) is 10.1 Å². The van der Waals surface area contributed by atoms with Crippen molar-refractivity contribution in [1.29, 1.82) is 0 Å². The summed E-state index contributed by atoms with van der Waals surface area (Å²) in [5.74, 6) is 0.969. The molecule has 0 saturated carbocycles. The SMILES string of the molecule is CC(N)CCC(=O)N(Cc1ccc2c(c1)OCO2)c1ccc(F)cc1.Cl. The van der Waals surface area contributed by atoms with Gasteiger partial charge in [0.05, 0.1) is 6.54 Å². The minimum Gasteiger partial charge on any atom is -0.454 e. The van der Waals surface area contributed by atoms with Gasteiger partial charge in [-0.3, -0.25) is 4.79 Å². The minimum absolute atomic E-state index is 0. The van der Waals surface area contributed by atoms with E-state index in [1.165, 1.54) is 12.1 Å². The molecule has 1 heterocycles. The molecule has 1 unspecified atom stereocenters. The lowest BCUT2D eigenvalue weighted by atomic mass is 10.1.